The third kappa shape index (κ3) is 2.31. The third-order valence-electron chi connectivity index (χ3n) is 4.59. The minimum atomic E-state index is 0.0875. The number of nitrogens with two attached hydrogens (primary N) is 1. The summed E-state index contributed by atoms with van der Waals surface area (Å²) in [4.78, 5) is 4.64. The summed E-state index contributed by atoms with van der Waals surface area (Å²) < 4.78 is 11.2. The zero-order valence-electron chi connectivity index (χ0n) is 11.9. The van der Waals surface area contributed by atoms with Crippen LogP contribution in [0.2, 0.25) is 0 Å². The van der Waals surface area contributed by atoms with Crippen LogP contribution in [0.15, 0.2) is 28.8 Å². The number of para-hydroxylation sites is 1. The predicted octanol–water partition coefficient (Wildman–Crippen LogP) is 2.58. The summed E-state index contributed by atoms with van der Waals surface area (Å²) in [5, 5.41) is 4.19. The van der Waals surface area contributed by atoms with Gasteiger partial charge in [0.1, 0.15) is 12.4 Å². The number of fused-ring (bicyclic) bond motifs is 1. The van der Waals surface area contributed by atoms with Gasteiger partial charge in [-0.05, 0) is 31.7 Å². The largest absolute Gasteiger partial charge is 0.492 e. The third-order valence-corrected chi connectivity index (χ3v) is 4.59. The van der Waals surface area contributed by atoms with E-state index in [4.69, 9.17) is 15.0 Å². The number of nitrogens with zero attached hydrogens (tertiary/aromatic N) is 2. The normalized spacial score (nSPS) is 28.1. The lowest BCUT2D eigenvalue weighted by Crippen LogP contribution is -2.25. The Kier molecular flexibility index (Phi) is 3.15. The minimum absolute atomic E-state index is 0.0875. The van der Waals surface area contributed by atoms with Crippen LogP contribution in [-0.2, 0) is 0 Å². The molecule has 1 unspecified atom stereocenters. The van der Waals surface area contributed by atoms with E-state index < -0.39 is 0 Å². The van der Waals surface area contributed by atoms with Gasteiger partial charge < -0.3 is 15.0 Å². The first-order chi connectivity index (χ1) is 10.3. The Morgan fingerprint density at radius 2 is 1.90 bits per heavy atom. The zero-order chi connectivity index (χ0) is 14.2. The van der Waals surface area contributed by atoms with Gasteiger partial charge in [-0.15, -0.1) is 0 Å². The Labute approximate surface area is 123 Å². The van der Waals surface area contributed by atoms with Crippen LogP contribution in [0, 0.1) is 0 Å². The molecule has 1 aromatic heterocycles. The lowest BCUT2D eigenvalue weighted by Gasteiger charge is -2.22. The first kappa shape index (κ1) is 12.8. The van der Waals surface area contributed by atoms with Crippen LogP contribution in [0.1, 0.15) is 54.8 Å². The molecule has 1 saturated carbocycles. The first-order valence-corrected chi connectivity index (χ1v) is 7.62. The van der Waals surface area contributed by atoms with Crippen LogP contribution >= 0.6 is 0 Å². The molecule has 1 aliphatic heterocycles. The van der Waals surface area contributed by atoms with Crippen LogP contribution in [0.25, 0.3) is 0 Å². The van der Waals surface area contributed by atoms with Gasteiger partial charge in [0.05, 0.1) is 5.92 Å². The van der Waals surface area contributed by atoms with Crippen LogP contribution in [0.3, 0.4) is 0 Å². The second-order valence-electron chi connectivity index (χ2n) is 6.00. The highest BCUT2D eigenvalue weighted by Crippen LogP contribution is 2.38. The van der Waals surface area contributed by atoms with Crippen molar-refractivity contribution in [3.63, 3.8) is 0 Å². The van der Waals surface area contributed by atoms with Crippen molar-refractivity contribution < 1.29 is 9.26 Å². The number of hydrogen-bond donors (Lipinski definition) is 1. The fraction of sp³-hybridized carbons (Fsp3) is 0.500. The highest BCUT2D eigenvalue weighted by Gasteiger charge is 2.31. The second kappa shape index (κ2) is 5.15. The molecule has 5 nitrogen and oxygen atoms in total. The van der Waals surface area contributed by atoms with Gasteiger partial charge in [-0.3, -0.25) is 0 Å². The highest BCUT2D eigenvalue weighted by atomic mass is 16.5. The van der Waals surface area contributed by atoms with Gasteiger partial charge in [-0.25, -0.2) is 0 Å². The molecule has 2 heterocycles. The molecule has 2 aromatic rings. The molecule has 2 aliphatic rings. The maximum atomic E-state index is 5.95. The molecule has 110 valence electrons. The molecule has 1 fully saturated rings. The molecule has 0 bridgehead atoms. The van der Waals surface area contributed by atoms with Gasteiger partial charge in [-0.2, -0.15) is 4.98 Å². The lowest BCUT2D eigenvalue weighted by atomic mass is 9.86. The molecule has 0 saturated heterocycles. The summed E-state index contributed by atoms with van der Waals surface area (Å²) in [6.07, 6.45) is 4.16. The molecular weight excluding hydrogens is 266 g/mol. The van der Waals surface area contributed by atoms with Gasteiger partial charge in [0.15, 0.2) is 5.82 Å². The van der Waals surface area contributed by atoms with E-state index in [-0.39, 0.29) is 5.92 Å². The van der Waals surface area contributed by atoms with Crippen molar-refractivity contribution >= 4 is 0 Å². The Balaban J connectivity index is 1.55. The van der Waals surface area contributed by atoms with Crippen molar-refractivity contribution in [2.24, 2.45) is 5.73 Å². The van der Waals surface area contributed by atoms with E-state index in [1.807, 2.05) is 18.2 Å². The van der Waals surface area contributed by atoms with Crippen molar-refractivity contribution in [1.29, 1.82) is 0 Å². The smallest absolute Gasteiger partial charge is 0.229 e. The Morgan fingerprint density at radius 3 is 2.76 bits per heavy atom. The predicted molar refractivity (Wildman–Crippen MR) is 77.3 cm³/mol. The van der Waals surface area contributed by atoms with Gasteiger partial charge in [0.25, 0.3) is 0 Å². The fourth-order valence-electron chi connectivity index (χ4n) is 3.30. The van der Waals surface area contributed by atoms with Gasteiger partial charge in [-0.1, -0.05) is 23.4 Å². The average Bonchev–Trinajstić information content (AvgIpc) is 3.14. The summed E-state index contributed by atoms with van der Waals surface area (Å²) in [5.74, 6) is 2.89. The molecule has 0 amide bonds. The van der Waals surface area contributed by atoms with Crippen molar-refractivity contribution in [2.75, 3.05) is 6.61 Å². The molecule has 0 radical (unpaired) electrons. The van der Waals surface area contributed by atoms with Crippen molar-refractivity contribution in [3.05, 3.63) is 41.5 Å². The number of aromatic nitrogens is 2. The van der Waals surface area contributed by atoms with E-state index in [1.165, 1.54) is 0 Å². The monoisotopic (exact) mass is 285 g/mol. The van der Waals surface area contributed by atoms with Crippen molar-refractivity contribution in [3.8, 4) is 5.75 Å². The van der Waals surface area contributed by atoms with E-state index in [0.29, 0.717) is 18.6 Å². The quantitative estimate of drug-likeness (QED) is 0.918. The maximum absolute atomic E-state index is 5.95. The molecule has 1 aromatic carbocycles. The van der Waals surface area contributed by atoms with Crippen LogP contribution in [0.4, 0.5) is 0 Å². The fourth-order valence-corrected chi connectivity index (χ4v) is 3.30. The van der Waals surface area contributed by atoms with E-state index in [0.717, 1.165) is 48.7 Å². The minimum Gasteiger partial charge on any atom is -0.492 e. The van der Waals surface area contributed by atoms with Crippen LogP contribution < -0.4 is 10.5 Å². The first-order valence-electron chi connectivity index (χ1n) is 7.62. The van der Waals surface area contributed by atoms with Crippen LogP contribution in [0.5, 0.6) is 5.75 Å². The second-order valence-corrected chi connectivity index (χ2v) is 6.00. The Morgan fingerprint density at radius 1 is 1.10 bits per heavy atom. The lowest BCUT2D eigenvalue weighted by molar-refractivity contribution is 0.297. The topological polar surface area (TPSA) is 74.2 Å². The highest BCUT2D eigenvalue weighted by molar-refractivity contribution is 5.42. The summed E-state index contributed by atoms with van der Waals surface area (Å²) in [6.45, 7) is 0.591. The molecule has 2 N–H and O–H groups in total. The van der Waals surface area contributed by atoms with E-state index in [9.17, 15) is 0 Å². The summed E-state index contributed by atoms with van der Waals surface area (Å²) in [6, 6.07) is 8.39. The van der Waals surface area contributed by atoms with E-state index >= 15 is 0 Å². The SMILES string of the molecule is NC1CCC(c2nc(C3COc4ccccc43)no2)CC1. The number of rotatable bonds is 2. The van der Waals surface area contributed by atoms with Gasteiger partial charge in [0, 0.05) is 17.5 Å². The molecule has 4 rings (SSSR count). The Hall–Kier alpha value is -1.88. The number of benzene rings is 1. The van der Waals surface area contributed by atoms with Crippen molar-refractivity contribution in [1.82, 2.24) is 10.1 Å². The number of hydrogen-bond acceptors (Lipinski definition) is 5. The summed E-state index contributed by atoms with van der Waals surface area (Å²) >= 11 is 0. The summed E-state index contributed by atoms with van der Waals surface area (Å²) in [5.41, 5.74) is 7.10. The zero-order valence-corrected chi connectivity index (χ0v) is 11.9. The van der Waals surface area contributed by atoms with Crippen molar-refractivity contribution in [2.45, 2.75) is 43.6 Å². The molecule has 1 atom stereocenters. The molecular formula is C16H19N3O2. The average molecular weight is 285 g/mol. The molecule has 5 heteroatoms. The number of ether oxygens (including phenoxy) is 1. The van der Waals surface area contributed by atoms with Gasteiger partial charge >= 0.3 is 0 Å². The molecule has 0 spiro atoms. The standard InChI is InChI=1S/C16H19N3O2/c17-11-7-5-10(6-8-11)16-18-15(19-21-16)13-9-20-14-4-2-1-3-12(13)14/h1-4,10-11,13H,5-9,17H2. The van der Waals surface area contributed by atoms with Gasteiger partial charge in [0.2, 0.25) is 5.89 Å². The van der Waals surface area contributed by atoms with E-state index in [2.05, 4.69) is 16.2 Å². The Bertz CT molecular complexity index is 632. The van der Waals surface area contributed by atoms with E-state index in [1.54, 1.807) is 0 Å². The summed E-state index contributed by atoms with van der Waals surface area (Å²) in [7, 11) is 0. The maximum Gasteiger partial charge on any atom is 0.229 e. The van der Waals surface area contributed by atoms with Crippen LogP contribution in [-0.4, -0.2) is 22.8 Å². The molecule has 21 heavy (non-hydrogen) atoms. The molecule has 1 aliphatic carbocycles.